The Morgan fingerprint density at radius 3 is 2.55 bits per heavy atom. The van der Waals surface area contributed by atoms with Crippen LogP contribution in [0.2, 0.25) is 0 Å². The molecular formula is C22H24BrFN4OS2. The number of anilines is 1. The van der Waals surface area contributed by atoms with E-state index in [0.717, 1.165) is 44.6 Å². The lowest BCUT2D eigenvalue weighted by Gasteiger charge is -2.11. The molecule has 5 nitrogen and oxygen atoms in total. The highest BCUT2D eigenvalue weighted by Gasteiger charge is 2.14. The van der Waals surface area contributed by atoms with Gasteiger partial charge in [-0.2, -0.15) is 0 Å². The minimum absolute atomic E-state index is 0.0909. The maximum atomic E-state index is 13.0. The first-order valence-corrected chi connectivity index (χ1v) is 12.7. The Balaban J connectivity index is 1.54. The zero-order valence-corrected chi connectivity index (χ0v) is 20.8. The lowest BCUT2D eigenvalue weighted by atomic mass is 10.1. The summed E-state index contributed by atoms with van der Waals surface area (Å²) in [6.45, 7) is 6.82. The molecule has 3 rings (SSSR count). The van der Waals surface area contributed by atoms with Gasteiger partial charge in [-0.15, -0.1) is 22.0 Å². The van der Waals surface area contributed by atoms with E-state index in [2.05, 4.69) is 31.4 Å². The molecule has 0 bridgehead atoms. The molecule has 1 heterocycles. The van der Waals surface area contributed by atoms with E-state index in [1.165, 1.54) is 29.5 Å². The third-order valence-corrected chi connectivity index (χ3v) is 7.34. The minimum atomic E-state index is -0.227. The Bertz CT molecular complexity index is 1060. The van der Waals surface area contributed by atoms with E-state index in [1.807, 2.05) is 37.5 Å². The van der Waals surface area contributed by atoms with Gasteiger partial charge < -0.3 is 9.88 Å². The molecule has 0 saturated heterocycles. The van der Waals surface area contributed by atoms with Gasteiger partial charge in [0.1, 0.15) is 11.6 Å². The second-order valence-electron chi connectivity index (χ2n) is 7.02. The highest BCUT2D eigenvalue weighted by atomic mass is 79.9. The number of benzene rings is 2. The molecule has 31 heavy (non-hydrogen) atoms. The molecule has 0 saturated carbocycles. The second kappa shape index (κ2) is 11.2. The fourth-order valence-corrected chi connectivity index (χ4v) is 5.19. The molecule has 0 aliphatic heterocycles. The first-order chi connectivity index (χ1) is 14.9. The summed E-state index contributed by atoms with van der Waals surface area (Å²) in [6.07, 6.45) is 0. The first kappa shape index (κ1) is 23.8. The van der Waals surface area contributed by atoms with E-state index < -0.39 is 0 Å². The number of aromatic nitrogens is 3. The van der Waals surface area contributed by atoms with Crippen molar-refractivity contribution in [2.45, 2.75) is 44.0 Å². The second-order valence-corrected chi connectivity index (χ2v) is 9.80. The van der Waals surface area contributed by atoms with Gasteiger partial charge in [-0.25, -0.2) is 4.39 Å². The fraction of sp³-hybridized carbons (Fsp3) is 0.318. The maximum absolute atomic E-state index is 13.0. The summed E-state index contributed by atoms with van der Waals surface area (Å²) in [4.78, 5) is 12.5. The molecule has 1 amide bonds. The molecule has 9 heteroatoms. The number of nitrogens with one attached hydrogen (secondary N) is 1. The van der Waals surface area contributed by atoms with Crippen molar-refractivity contribution >= 4 is 51.0 Å². The standard InChI is InChI=1S/C22H24BrFN4OS2/c1-4-28-20(12-30-11-16-5-7-17(24)8-6-16)26-27-22(28)31-13-21(29)25-19-10-15(3)14(2)9-18(19)23/h5-10H,4,11-13H2,1-3H3,(H,25,29). The van der Waals surface area contributed by atoms with E-state index >= 15 is 0 Å². The third-order valence-electron chi connectivity index (χ3n) is 4.71. The predicted octanol–water partition coefficient (Wildman–Crippen LogP) is 5.98. The first-order valence-electron chi connectivity index (χ1n) is 9.81. The number of halogens is 2. The summed E-state index contributed by atoms with van der Waals surface area (Å²) in [5.74, 6) is 2.27. The summed E-state index contributed by atoms with van der Waals surface area (Å²) in [5.41, 5.74) is 4.13. The van der Waals surface area contributed by atoms with Crippen molar-refractivity contribution in [1.82, 2.24) is 14.8 Å². The van der Waals surface area contributed by atoms with Gasteiger partial charge in [0.05, 0.1) is 17.2 Å². The zero-order valence-electron chi connectivity index (χ0n) is 17.6. The van der Waals surface area contributed by atoms with Gasteiger partial charge in [0, 0.05) is 16.8 Å². The van der Waals surface area contributed by atoms with Crippen LogP contribution in [-0.4, -0.2) is 26.4 Å². The summed E-state index contributed by atoms with van der Waals surface area (Å²) in [7, 11) is 0. The normalized spacial score (nSPS) is 11.0. The van der Waals surface area contributed by atoms with Crippen LogP contribution < -0.4 is 5.32 Å². The number of thioether (sulfide) groups is 2. The van der Waals surface area contributed by atoms with Crippen molar-refractivity contribution in [1.29, 1.82) is 0 Å². The quantitative estimate of drug-likeness (QED) is 0.350. The van der Waals surface area contributed by atoms with Gasteiger partial charge in [-0.3, -0.25) is 4.79 Å². The van der Waals surface area contributed by atoms with Crippen LogP contribution in [0.1, 0.15) is 29.4 Å². The molecule has 0 aliphatic rings. The average molecular weight is 523 g/mol. The zero-order chi connectivity index (χ0) is 22.4. The van der Waals surface area contributed by atoms with Gasteiger partial charge in [0.15, 0.2) is 5.16 Å². The van der Waals surface area contributed by atoms with Crippen molar-refractivity contribution in [3.63, 3.8) is 0 Å². The number of amides is 1. The molecule has 1 aromatic heterocycles. The molecule has 3 aromatic rings. The molecule has 0 radical (unpaired) electrons. The summed E-state index contributed by atoms with van der Waals surface area (Å²) in [5, 5.41) is 12.3. The average Bonchev–Trinajstić information content (AvgIpc) is 3.13. The number of hydrogen-bond acceptors (Lipinski definition) is 5. The predicted molar refractivity (Wildman–Crippen MR) is 130 cm³/mol. The molecule has 0 aliphatic carbocycles. The van der Waals surface area contributed by atoms with Crippen molar-refractivity contribution < 1.29 is 9.18 Å². The summed E-state index contributed by atoms with van der Waals surface area (Å²) >= 11 is 6.58. The van der Waals surface area contributed by atoms with Gasteiger partial charge in [0.25, 0.3) is 0 Å². The molecule has 0 atom stereocenters. The molecule has 0 fully saturated rings. The van der Waals surface area contributed by atoms with E-state index in [4.69, 9.17) is 0 Å². The Labute approximate surface area is 198 Å². The van der Waals surface area contributed by atoms with Crippen LogP contribution >= 0.6 is 39.5 Å². The lowest BCUT2D eigenvalue weighted by molar-refractivity contribution is -0.113. The van der Waals surface area contributed by atoms with E-state index in [0.29, 0.717) is 5.75 Å². The van der Waals surface area contributed by atoms with Crippen LogP contribution in [-0.2, 0) is 22.8 Å². The Kier molecular flexibility index (Phi) is 8.57. The Hall–Kier alpha value is -1.84. The minimum Gasteiger partial charge on any atom is -0.324 e. The monoisotopic (exact) mass is 522 g/mol. The number of carbonyl (C=O) groups is 1. The lowest BCUT2D eigenvalue weighted by Crippen LogP contribution is -2.15. The molecular weight excluding hydrogens is 499 g/mol. The molecule has 164 valence electrons. The largest absolute Gasteiger partial charge is 0.324 e. The van der Waals surface area contributed by atoms with Crippen LogP contribution in [0.4, 0.5) is 10.1 Å². The van der Waals surface area contributed by atoms with Crippen molar-refractivity contribution in [3.05, 3.63) is 69.2 Å². The van der Waals surface area contributed by atoms with Crippen LogP contribution in [0, 0.1) is 19.7 Å². The number of hydrogen-bond donors (Lipinski definition) is 1. The highest BCUT2D eigenvalue weighted by molar-refractivity contribution is 9.10. The molecule has 1 N–H and O–H groups in total. The van der Waals surface area contributed by atoms with Crippen molar-refractivity contribution in [2.24, 2.45) is 0 Å². The SMILES string of the molecule is CCn1c(CSCc2ccc(F)cc2)nnc1SCC(=O)Nc1cc(C)c(C)cc1Br. The summed E-state index contributed by atoms with van der Waals surface area (Å²) in [6, 6.07) is 10.5. The third kappa shape index (κ3) is 6.57. The van der Waals surface area contributed by atoms with Crippen LogP contribution in [0.25, 0.3) is 0 Å². The number of carbonyl (C=O) groups excluding carboxylic acids is 1. The Morgan fingerprint density at radius 1 is 1.13 bits per heavy atom. The highest BCUT2D eigenvalue weighted by Crippen LogP contribution is 2.27. The van der Waals surface area contributed by atoms with Crippen molar-refractivity contribution in [2.75, 3.05) is 11.1 Å². The fourth-order valence-electron chi connectivity index (χ4n) is 2.88. The molecule has 0 unspecified atom stereocenters. The molecule has 2 aromatic carbocycles. The Morgan fingerprint density at radius 2 is 1.84 bits per heavy atom. The van der Waals surface area contributed by atoms with E-state index in [9.17, 15) is 9.18 Å². The van der Waals surface area contributed by atoms with Gasteiger partial charge >= 0.3 is 0 Å². The van der Waals surface area contributed by atoms with E-state index in [1.54, 1.807) is 23.9 Å². The van der Waals surface area contributed by atoms with Crippen LogP contribution in [0.3, 0.4) is 0 Å². The van der Waals surface area contributed by atoms with Crippen LogP contribution in [0.5, 0.6) is 0 Å². The number of aryl methyl sites for hydroxylation is 2. The number of rotatable bonds is 9. The van der Waals surface area contributed by atoms with Crippen molar-refractivity contribution in [3.8, 4) is 0 Å². The number of nitrogens with zero attached hydrogens (tertiary/aromatic N) is 3. The maximum Gasteiger partial charge on any atom is 0.234 e. The topological polar surface area (TPSA) is 59.8 Å². The smallest absolute Gasteiger partial charge is 0.234 e. The van der Waals surface area contributed by atoms with Gasteiger partial charge in [-0.05, 0) is 77.7 Å². The van der Waals surface area contributed by atoms with E-state index in [-0.39, 0.29) is 17.5 Å². The summed E-state index contributed by atoms with van der Waals surface area (Å²) < 4.78 is 15.9. The van der Waals surface area contributed by atoms with Crippen LogP contribution in [0.15, 0.2) is 46.0 Å². The van der Waals surface area contributed by atoms with Gasteiger partial charge in [0.2, 0.25) is 5.91 Å². The molecule has 0 spiro atoms. The van der Waals surface area contributed by atoms with Gasteiger partial charge in [-0.1, -0.05) is 23.9 Å².